The van der Waals surface area contributed by atoms with Crippen LogP contribution in [0.1, 0.15) is 44.2 Å². The van der Waals surface area contributed by atoms with Crippen LogP contribution in [0.3, 0.4) is 0 Å². The van der Waals surface area contributed by atoms with E-state index in [1.165, 1.54) is 0 Å². The Morgan fingerprint density at radius 3 is 1.94 bits per heavy atom. The molecule has 434 valence electrons. The van der Waals surface area contributed by atoms with E-state index in [-0.39, 0.29) is 12.5 Å². The van der Waals surface area contributed by atoms with Gasteiger partial charge in [-0.3, -0.25) is 19.6 Å². The maximum Gasteiger partial charge on any atom is 0.407 e. The van der Waals surface area contributed by atoms with E-state index in [9.17, 15) is 14.4 Å². The molecule has 2 amide bonds. The molecule has 0 saturated carbocycles. The monoisotopic (exact) mass is 1230 g/mol. The van der Waals surface area contributed by atoms with Gasteiger partial charge in [0.25, 0.3) is 0 Å². The third-order valence-electron chi connectivity index (χ3n) is 16.4. The van der Waals surface area contributed by atoms with Gasteiger partial charge in [0.1, 0.15) is 29.9 Å². The van der Waals surface area contributed by atoms with Gasteiger partial charge in [-0.05, 0) is 120 Å². The van der Waals surface area contributed by atoms with Crippen LogP contribution in [-0.2, 0) is 19.1 Å². The van der Waals surface area contributed by atoms with Gasteiger partial charge < -0.3 is 40.0 Å². The number of rotatable bonds is 10. The lowest BCUT2D eigenvalue weighted by Crippen LogP contribution is -2.46. The number of anilines is 1. The van der Waals surface area contributed by atoms with Crippen LogP contribution in [-0.4, -0.2) is 76.1 Å². The zero-order valence-electron chi connectivity index (χ0n) is 48.4. The third kappa shape index (κ3) is 10.0. The predicted octanol–water partition coefficient (Wildman–Crippen LogP) is 16.8. The smallest absolute Gasteiger partial charge is 0.407 e. The van der Waals surface area contributed by atoms with Crippen molar-refractivity contribution in [2.75, 3.05) is 11.9 Å². The van der Waals surface area contributed by atoms with E-state index in [0.29, 0.717) is 11.5 Å². The largest absolute Gasteiger partial charge is 0.460 e. The maximum absolute atomic E-state index is 14.0. The minimum atomic E-state index is -1.29. The molecular formula is C73H55BrN10O5. The number of esters is 1. The number of halogens is 1. The zero-order chi connectivity index (χ0) is 60.5. The Morgan fingerprint density at radius 2 is 1.18 bits per heavy atom. The highest BCUT2D eigenvalue weighted by atomic mass is 79.9. The Hall–Kier alpha value is -11.0. The fraction of sp³-hybridized carbons (Fsp3) is 0.110. The molecule has 6 aromatic heterocycles. The molecule has 16 rings (SSSR count). The van der Waals surface area contributed by atoms with Gasteiger partial charge in [0.2, 0.25) is 5.91 Å². The fourth-order valence-electron chi connectivity index (χ4n) is 12.6. The molecule has 0 fully saturated rings. The van der Waals surface area contributed by atoms with Crippen LogP contribution >= 0.6 is 15.9 Å². The van der Waals surface area contributed by atoms with Crippen LogP contribution in [0, 0.1) is 0 Å². The molecule has 0 bridgehead atoms. The Bertz CT molecular complexity index is 5210. The van der Waals surface area contributed by atoms with Gasteiger partial charge in [0.05, 0.1) is 50.8 Å². The first-order chi connectivity index (χ1) is 43.4. The van der Waals surface area contributed by atoms with E-state index < -0.39 is 36.0 Å². The number of hydrogen-bond donors (Lipinski definition) is 6. The van der Waals surface area contributed by atoms with E-state index in [1.807, 2.05) is 116 Å². The average molecular weight is 1230 g/mol. The number of ether oxygens (including phenoxy) is 2. The van der Waals surface area contributed by atoms with Gasteiger partial charge in [-0.15, -0.1) is 0 Å². The number of nitrogens with one attached hydrogen (secondary N) is 6. The van der Waals surface area contributed by atoms with Gasteiger partial charge in [-0.25, -0.2) is 14.8 Å². The predicted molar refractivity (Wildman–Crippen MR) is 357 cm³/mol. The molecule has 9 aromatic carbocycles. The van der Waals surface area contributed by atoms with Gasteiger partial charge in [0.15, 0.2) is 0 Å². The van der Waals surface area contributed by atoms with Crippen LogP contribution in [0.5, 0.6) is 0 Å². The highest BCUT2D eigenvalue weighted by Crippen LogP contribution is 2.45. The second kappa shape index (κ2) is 22.1. The molecule has 15 aromatic rings. The van der Waals surface area contributed by atoms with Crippen LogP contribution in [0.25, 0.3) is 132 Å². The molecule has 6 N–H and O–H groups in total. The molecule has 1 aliphatic carbocycles. The molecule has 89 heavy (non-hydrogen) atoms. The number of benzene rings is 9. The van der Waals surface area contributed by atoms with Crippen molar-refractivity contribution >= 4 is 127 Å². The lowest BCUT2D eigenvalue weighted by molar-refractivity contribution is -0.156. The van der Waals surface area contributed by atoms with Crippen molar-refractivity contribution in [1.82, 2.24) is 45.2 Å². The number of alkyl carbamates (subject to hydrolysis) is 1. The summed E-state index contributed by atoms with van der Waals surface area (Å²) in [6, 6.07) is 61.4. The number of pyridine rings is 2. The molecule has 0 radical (unpaired) electrons. The fourth-order valence-corrected chi connectivity index (χ4v) is 13.0. The molecule has 0 spiro atoms. The number of H-pyrrole nitrogens is 4. The number of nitrogens with zero attached hydrogens (tertiary/aromatic N) is 4. The van der Waals surface area contributed by atoms with E-state index in [2.05, 4.69) is 141 Å². The van der Waals surface area contributed by atoms with Crippen molar-refractivity contribution in [2.45, 2.75) is 44.8 Å². The van der Waals surface area contributed by atoms with Crippen LogP contribution < -0.4 is 10.6 Å². The SMILES string of the molecule is CC(C)(C)OC(=O)C[C@H](NC(=O)OCC1c2ccccc2-c2ccccc21)C(=O)Nc1ccc2c3ccccc3c3[nH]c(-c4c[nH]c5ccc(Br)cc45)nc3c2c1.c1ccc(-c2[nH]c3ccccc3c2-c2nc3c4cccnc4c4ncccc4c3[nH]2)cc1. The quantitative estimate of drug-likeness (QED) is 0.0568. The molecule has 0 unspecified atom stereocenters. The number of aromatic amines is 4. The van der Waals surface area contributed by atoms with Crippen molar-refractivity contribution in [3.05, 3.63) is 222 Å². The maximum atomic E-state index is 14.0. The van der Waals surface area contributed by atoms with Crippen LogP contribution in [0.4, 0.5) is 10.5 Å². The molecule has 6 heterocycles. The molecule has 1 atom stereocenters. The van der Waals surface area contributed by atoms with E-state index in [0.717, 1.165) is 142 Å². The van der Waals surface area contributed by atoms with E-state index >= 15 is 0 Å². The normalized spacial score (nSPS) is 12.6. The summed E-state index contributed by atoms with van der Waals surface area (Å²) in [5.41, 5.74) is 15.5. The average Bonchev–Trinajstić information content (AvgIpc) is 1.71. The summed E-state index contributed by atoms with van der Waals surface area (Å²) in [5.74, 6) is 0.121. The van der Waals surface area contributed by atoms with E-state index in [1.54, 1.807) is 26.8 Å². The van der Waals surface area contributed by atoms with Crippen molar-refractivity contribution < 1.29 is 23.9 Å². The summed E-state index contributed by atoms with van der Waals surface area (Å²) in [6.07, 6.45) is 4.34. The number of imidazole rings is 2. The minimum absolute atomic E-state index is 0.0523. The third-order valence-corrected chi connectivity index (χ3v) is 16.9. The number of carbonyl (C=O) groups is 3. The molecule has 16 heteroatoms. The standard InChI is InChI=1S/C46H38BrN5O5.C27H17N5/c1-46(2,3)57-40(53)22-39(50-45(55)56-24-37-30-13-6-4-10-27(30)28-11-5-7-14-31(28)37)44(54)49-26-17-18-32-29-12-8-9-15-33(29)41-42(35(32)21-26)52-43(51-41)36-23-48-38-19-16-25(47)20-34(36)38;1-2-8-16(9-3-1)22-21(17-10-4-5-13-20(17)30-22)27-31-25-18-11-6-14-28-23(18)24-19(26(25)32-27)12-7-15-29-24/h4-21,23,37,39,48H,22,24H2,1-3H3,(H,49,54)(H,50,55)(H,51,52);1-15,30H,(H,31,32)/t39-;/m0./s1. The first-order valence-corrected chi connectivity index (χ1v) is 30.1. The second-order valence-corrected chi connectivity index (χ2v) is 24.1. The molecule has 0 saturated heterocycles. The summed E-state index contributed by atoms with van der Waals surface area (Å²) in [5, 5.41) is 13.6. The lowest BCUT2D eigenvalue weighted by Gasteiger charge is -2.23. The Labute approximate surface area is 517 Å². The number of amides is 2. The number of fused-ring (bicyclic) bond motifs is 17. The molecular weight excluding hydrogens is 1180 g/mol. The molecule has 15 nitrogen and oxygen atoms in total. The summed E-state index contributed by atoms with van der Waals surface area (Å²) in [6.45, 7) is 5.29. The second-order valence-electron chi connectivity index (χ2n) is 23.2. The number of para-hydroxylation sites is 1. The topological polar surface area (TPSA) is 208 Å². The lowest BCUT2D eigenvalue weighted by atomic mass is 9.98. The first kappa shape index (κ1) is 54.7. The number of hydrogen-bond acceptors (Lipinski definition) is 9. The summed E-state index contributed by atoms with van der Waals surface area (Å²) >= 11 is 3.60. The Balaban J connectivity index is 0.000000174. The van der Waals surface area contributed by atoms with Gasteiger partial charge in [-0.1, -0.05) is 143 Å². The van der Waals surface area contributed by atoms with Crippen molar-refractivity contribution in [3.8, 4) is 45.2 Å². The Kier molecular flexibility index (Phi) is 13.6. The first-order valence-electron chi connectivity index (χ1n) is 29.3. The summed E-state index contributed by atoms with van der Waals surface area (Å²) < 4.78 is 12.3. The van der Waals surface area contributed by atoms with Crippen molar-refractivity contribution in [1.29, 1.82) is 0 Å². The number of aromatic nitrogens is 8. The highest BCUT2D eigenvalue weighted by molar-refractivity contribution is 9.10. The number of carbonyl (C=O) groups excluding carboxylic acids is 3. The van der Waals surface area contributed by atoms with Gasteiger partial charge in [-0.2, -0.15) is 0 Å². The Morgan fingerprint density at radius 1 is 0.562 bits per heavy atom. The summed E-state index contributed by atoms with van der Waals surface area (Å²) in [7, 11) is 0. The zero-order valence-corrected chi connectivity index (χ0v) is 50.0. The minimum Gasteiger partial charge on any atom is -0.460 e. The van der Waals surface area contributed by atoms with Gasteiger partial charge >= 0.3 is 12.1 Å². The molecule has 1 aliphatic rings. The van der Waals surface area contributed by atoms with Crippen LogP contribution in [0.15, 0.2) is 211 Å². The van der Waals surface area contributed by atoms with Crippen molar-refractivity contribution in [3.63, 3.8) is 0 Å². The van der Waals surface area contributed by atoms with Crippen molar-refractivity contribution in [2.24, 2.45) is 0 Å². The summed E-state index contributed by atoms with van der Waals surface area (Å²) in [4.78, 5) is 74.2. The highest BCUT2D eigenvalue weighted by Gasteiger charge is 2.32. The van der Waals surface area contributed by atoms with Gasteiger partial charge in [0, 0.05) is 83.6 Å². The molecule has 0 aliphatic heterocycles. The van der Waals surface area contributed by atoms with E-state index in [4.69, 9.17) is 19.4 Å². The van der Waals surface area contributed by atoms with Crippen LogP contribution in [0.2, 0.25) is 0 Å².